The van der Waals surface area contributed by atoms with Crippen LogP contribution < -0.4 is 16.0 Å². The molecule has 0 aliphatic carbocycles. The van der Waals surface area contributed by atoms with Gasteiger partial charge in [0.1, 0.15) is 0 Å². The number of sulfone groups is 1. The number of benzene rings is 2. The van der Waals surface area contributed by atoms with Crippen LogP contribution in [-0.2, 0) is 22.9 Å². The molecule has 0 fully saturated rings. The van der Waals surface area contributed by atoms with Gasteiger partial charge in [-0.1, -0.05) is 24.3 Å². The lowest BCUT2D eigenvalue weighted by Gasteiger charge is -2.12. The van der Waals surface area contributed by atoms with Crippen LogP contribution in [0.5, 0.6) is 0 Å². The standard InChI is InChI=1S/C21H28N4O3S.HI/c1-5-23-21(24-13-16-6-9-18(10-7-16)20(26)22-3)25-14-17-8-11-19(15(2)12-17)29(4,27)28;/h6-12H,5,13-14H2,1-4H3,(H,22,26)(H2,23,24,25);1H. The molecule has 2 aromatic carbocycles. The van der Waals surface area contributed by atoms with Crippen LogP contribution in [0.15, 0.2) is 52.4 Å². The second-order valence-corrected chi connectivity index (χ2v) is 8.68. The first kappa shape index (κ1) is 25.9. The number of nitrogens with zero attached hydrogens (tertiary/aromatic N) is 1. The number of halogens is 1. The van der Waals surface area contributed by atoms with Crippen molar-refractivity contribution in [2.45, 2.75) is 31.8 Å². The molecule has 9 heteroatoms. The molecule has 0 aromatic heterocycles. The van der Waals surface area contributed by atoms with Crippen molar-refractivity contribution < 1.29 is 13.2 Å². The Morgan fingerprint density at radius 1 is 1.03 bits per heavy atom. The van der Waals surface area contributed by atoms with Gasteiger partial charge in [0, 0.05) is 32.0 Å². The zero-order valence-corrected chi connectivity index (χ0v) is 20.8. The summed E-state index contributed by atoms with van der Waals surface area (Å²) in [5, 5.41) is 9.05. The number of hydrogen-bond donors (Lipinski definition) is 3. The Balaban J connectivity index is 0.00000450. The third-order valence-electron chi connectivity index (χ3n) is 4.31. The lowest BCUT2D eigenvalue weighted by Crippen LogP contribution is -2.36. The summed E-state index contributed by atoms with van der Waals surface area (Å²) in [4.78, 5) is 16.5. The fourth-order valence-corrected chi connectivity index (χ4v) is 3.80. The third kappa shape index (κ3) is 7.60. The zero-order chi connectivity index (χ0) is 21.4. The molecule has 7 nitrogen and oxygen atoms in total. The van der Waals surface area contributed by atoms with Crippen LogP contribution in [0.25, 0.3) is 0 Å². The van der Waals surface area contributed by atoms with E-state index in [2.05, 4.69) is 20.9 Å². The lowest BCUT2D eigenvalue weighted by molar-refractivity contribution is 0.0963. The largest absolute Gasteiger partial charge is 0.357 e. The van der Waals surface area contributed by atoms with Crippen LogP contribution >= 0.6 is 24.0 Å². The summed E-state index contributed by atoms with van der Waals surface area (Å²) in [7, 11) is -1.62. The number of nitrogens with one attached hydrogen (secondary N) is 3. The molecular formula is C21H29IN4O3S. The Bertz CT molecular complexity index is 990. The maximum Gasteiger partial charge on any atom is 0.251 e. The van der Waals surface area contributed by atoms with E-state index in [1.807, 2.05) is 25.1 Å². The maximum atomic E-state index is 11.7. The van der Waals surface area contributed by atoms with E-state index in [1.54, 1.807) is 38.2 Å². The van der Waals surface area contributed by atoms with Gasteiger partial charge in [0.05, 0.1) is 11.4 Å². The second-order valence-electron chi connectivity index (χ2n) is 6.70. The number of carbonyl (C=O) groups excluding carboxylic acids is 1. The zero-order valence-electron chi connectivity index (χ0n) is 17.7. The van der Waals surface area contributed by atoms with Gasteiger partial charge < -0.3 is 16.0 Å². The van der Waals surface area contributed by atoms with E-state index in [0.29, 0.717) is 36.1 Å². The van der Waals surface area contributed by atoms with E-state index in [-0.39, 0.29) is 29.9 Å². The van der Waals surface area contributed by atoms with Gasteiger partial charge in [0.15, 0.2) is 15.8 Å². The van der Waals surface area contributed by atoms with E-state index in [9.17, 15) is 13.2 Å². The highest BCUT2D eigenvalue weighted by atomic mass is 127. The summed E-state index contributed by atoms with van der Waals surface area (Å²) in [5.74, 6) is 0.546. The molecule has 1 amide bonds. The molecule has 164 valence electrons. The van der Waals surface area contributed by atoms with Gasteiger partial charge in [-0.05, 0) is 48.7 Å². The van der Waals surface area contributed by atoms with Crippen molar-refractivity contribution in [3.05, 3.63) is 64.7 Å². The molecule has 0 saturated heterocycles. The van der Waals surface area contributed by atoms with E-state index >= 15 is 0 Å². The normalized spacial score (nSPS) is 11.4. The van der Waals surface area contributed by atoms with Gasteiger partial charge in [0.25, 0.3) is 5.91 Å². The van der Waals surface area contributed by atoms with Crippen LogP contribution in [0.1, 0.15) is 34.0 Å². The van der Waals surface area contributed by atoms with Crippen molar-refractivity contribution >= 4 is 45.7 Å². The molecule has 0 aliphatic rings. The first-order valence-corrected chi connectivity index (χ1v) is 11.3. The van der Waals surface area contributed by atoms with E-state index in [1.165, 1.54) is 6.26 Å². The quantitative estimate of drug-likeness (QED) is 0.283. The number of aryl methyl sites for hydroxylation is 1. The minimum atomic E-state index is -3.23. The van der Waals surface area contributed by atoms with Crippen LogP contribution in [0.4, 0.5) is 0 Å². The van der Waals surface area contributed by atoms with Gasteiger partial charge in [-0.25, -0.2) is 13.4 Å². The average Bonchev–Trinajstić information content (AvgIpc) is 2.69. The van der Waals surface area contributed by atoms with Gasteiger partial charge in [-0.2, -0.15) is 0 Å². The maximum absolute atomic E-state index is 11.7. The number of amides is 1. The fraction of sp³-hybridized carbons (Fsp3) is 0.333. The fourth-order valence-electron chi connectivity index (χ4n) is 2.84. The van der Waals surface area contributed by atoms with Crippen molar-refractivity contribution in [1.29, 1.82) is 0 Å². The summed E-state index contributed by atoms with van der Waals surface area (Å²) in [6.07, 6.45) is 1.21. The second kappa shape index (κ2) is 11.9. The van der Waals surface area contributed by atoms with Gasteiger partial charge in [-0.3, -0.25) is 4.79 Å². The molecule has 0 aliphatic heterocycles. The molecule has 0 heterocycles. The third-order valence-corrected chi connectivity index (χ3v) is 5.56. The molecule has 0 radical (unpaired) electrons. The molecule has 30 heavy (non-hydrogen) atoms. The molecule has 0 atom stereocenters. The number of carbonyl (C=O) groups is 1. The highest BCUT2D eigenvalue weighted by Gasteiger charge is 2.10. The Labute approximate surface area is 195 Å². The lowest BCUT2D eigenvalue weighted by atomic mass is 10.1. The van der Waals surface area contributed by atoms with Crippen LogP contribution in [0.2, 0.25) is 0 Å². The first-order valence-electron chi connectivity index (χ1n) is 9.37. The van der Waals surface area contributed by atoms with Crippen LogP contribution in [0.3, 0.4) is 0 Å². The molecule has 2 rings (SSSR count). The van der Waals surface area contributed by atoms with Crippen molar-refractivity contribution in [2.75, 3.05) is 19.8 Å². The highest BCUT2D eigenvalue weighted by Crippen LogP contribution is 2.17. The van der Waals surface area contributed by atoms with Crippen molar-refractivity contribution in [3.63, 3.8) is 0 Å². The molecular weight excluding hydrogens is 515 g/mol. The van der Waals surface area contributed by atoms with Gasteiger partial charge >= 0.3 is 0 Å². The number of rotatable bonds is 7. The van der Waals surface area contributed by atoms with Gasteiger partial charge in [-0.15, -0.1) is 24.0 Å². The minimum absolute atomic E-state index is 0. The predicted octanol–water partition coefficient (Wildman–Crippen LogP) is 2.63. The smallest absolute Gasteiger partial charge is 0.251 e. The molecule has 0 saturated carbocycles. The summed E-state index contributed by atoms with van der Waals surface area (Å²) in [6, 6.07) is 12.6. The summed E-state index contributed by atoms with van der Waals surface area (Å²) < 4.78 is 23.5. The van der Waals surface area contributed by atoms with E-state index < -0.39 is 9.84 Å². The molecule has 0 unspecified atom stereocenters. The predicted molar refractivity (Wildman–Crippen MR) is 131 cm³/mol. The highest BCUT2D eigenvalue weighted by molar-refractivity contribution is 14.0. The molecule has 2 aromatic rings. The van der Waals surface area contributed by atoms with Crippen LogP contribution in [-0.4, -0.2) is 40.1 Å². The summed E-state index contributed by atoms with van der Waals surface area (Å²) in [5.41, 5.74) is 3.29. The summed E-state index contributed by atoms with van der Waals surface area (Å²) in [6.45, 7) is 5.48. The van der Waals surface area contributed by atoms with E-state index in [0.717, 1.165) is 16.7 Å². The number of hydrogen-bond acceptors (Lipinski definition) is 4. The summed E-state index contributed by atoms with van der Waals surface area (Å²) >= 11 is 0. The monoisotopic (exact) mass is 544 g/mol. The Morgan fingerprint density at radius 2 is 1.67 bits per heavy atom. The number of aliphatic imine (C=N–C) groups is 1. The molecule has 3 N–H and O–H groups in total. The Hall–Kier alpha value is -2.14. The van der Waals surface area contributed by atoms with Crippen LogP contribution in [0, 0.1) is 6.92 Å². The first-order chi connectivity index (χ1) is 13.7. The van der Waals surface area contributed by atoms with Gasteiger partial charge in [0.2, 0.25) is 0 Å². The number of guanidine groups is 1. The van der Waals surface area contributed by atoms with Crippen molar-refractivity contribution in [1.82, 2.24) is 16.0 Å². The average molecular weight is 544 g/mol. The van der Waals surface area contributed by atoms with Crippen molar-refractivity contribution in [2.24, 2.45) is 4.99 Å². The Kier molecular flexibility index (Phi) is 10.3. The van der Waals surface area contributed by atoms with E-state index in [4.69, 9.17) is 0 Å². The topological polar surface area (TPSA) is 99.7 Å². The Morgan fingerprint density at radius 3 is 2.20 bits per heavy atom. The molecule has 0 bridgehead atoms. The molecule has 0 spiro atoms. The SMILES string of the molecule is CCNC(=NCc1ccc(S(C)(=O)=O)c(C)c1)NCc1ccc(C(=O)NC)cc1.I. The van der Waals surface area contributed by atoms with Crippen molar-refractivity contribution in [3.8, 4) is 0 Å². The minimum Gasteiger partial charge on any atom is -0.357 e.